The van der Waals surface area contributed by atoms with Gasteiger partial charge in [-0.2, -0.15) is 10.5 Å². The molecule has 25 heavy (non-hydrogen) atoms. The highest BCUT2D eigenvalue weighted by molar-refractivity contribution is 5.97. The molecule has 1 aliphatic heterocycles. The number of likely N-dealkylation sites (tertiary alicyclic amines) is 1. The molecule has 0 N–H and O–H groups in total. The van der Waals surface area contributed by atoms with Gasteiger partial charge in [-0.1, -0.05) is 11.2 Å². The number of fused-ring (bicyclic) bond motifs is 1. The van der Waals surface area contributed by atoms with E-state index >= 15 is 0 Å². The monoisotopic (exact) mass is 332 g/mol. The van der Waals surface area contributed by atoms with Crippen LogP contribution in [0.3, 0.4) is 0 Å². The van der Waals surface area contributed by atoms with Crippen molar-refractivity contribution in [2.45, 2.75) is 18.9 Å². The van der Waals surface area contributed by atoms with Crippen molar-refractivity contribution in [2.75, 3.05) is 13.1 Å². The molecule has 1 aromatic heterocycles. The van der Waals surface area contributed by atoms with E-state index in [0.717, 1.165) is 24.8 Å². The lowest BCUT2D eigenvalue weighted by Crippen LogP contribution is -2.27. The maximum atomic E-state index is 9.12. The Kier molecular flexibility index (Phi) is 4.87. The summed E-state index contributed by atoms with van der Waals surface area (Å²) < 4.78 is 0. The number of hydrogen-bond acceptors (Lipinski definition) is 7. The van der Waals surface area contributed by atoms with Gasteiger partial charge in [0.2, 0.25) is 0 Å². The number of aromatic nitrogens is 1. The Hall–Kier alpha value is -3.45. The Morgan fingerprint density at radius 2 is 2.20 bits per heavy atom. The summed E-state index contributed by atoms with van der Waals surface area (Å²) in [5.41, 5.74) is 1.72. The Balaban J connectivity index is 1.90. The molecular weight excluding hydrogens is 316 g/mol. The van der Waals surface area contributed by atoms with Crippen LogP contribution in [-0.4, -0.2) is 41.6 Å². The maximum absolute atomic E-state index is 9.12. The third-order valence-corrected chi connectivity index (χ3v) is 4.16. The minimum Gasteiger partial charge on any atom is -0.337 e. The van der Waals surface area contributed by atoms with Crippen LogP contribution in [0.2, 0.25) is 0 Å². The van der Waals surface area contributed by atoms with Crippen molar-refractivity contribution in [3.05, 3.63) is 41.6 Å². The highest BCUT2D eigenvalue weighted by atomic mass is 16.6. The van der Waals surface area contributed by atoms with Gasteiger partial charge < -0.3 is 9.74 Å². The molecule has 0 saturated carbocycles. The number of nitriles is 2. The molecule has 1 saturated heterocycles. The van der Waals surface area contributed by atoms with Crippen molar-refractivity contribution < 1.29 is 4.84 Å². The second-order valence-corrected chi connectivity index (χ2v) is 5.67. The second kappa shape index (κ2) is 7.41. The van der Waals surface area contributed by atoms with E-state index in [1.54, 1.807) is 17.0 Å². The van der Waals surface area contributed by atoms with Crippen LogP contribution in [0, 0.1) is 22.8 Å². The molecule has 2 aromatic rings. The third kappa shape index (κ3) is 3.56. The number of rotatable bonds is 4. The van der Waals surface area contributed by atoms with E-state index in [1.165, 1.54) is 0 Å². The SMILES string of the molecule is C=NOC(=NCC1CCCN1C#N)c1ccc2ccc(C#N)nc2c1. The molecular formula is C18H16N6O. The van der Waals surface area contributed by atoms with Crippen LogP contribution >= 0.6 is 0 Å². The van der Waals surface area contributed by atoms with Crippen molar-refractivity contribution in [2.24, 2.45) is 10.1 Å². The lowest BCUT2D eigenvalue weighted by atomic mass is 10.1. The largest absolute Gasteiger partial charge is 0.337 e. The normalized spacial score (nSPS) is 17.1. The molecule has 0 amide bonds. The summed E-state index contributed by atoms with van der Waals surface area (Å²) >= 11 is 0. The number of aliphatic imine (C=N–C) groups is 1. The second-order valence-electron chi connectivity index (χ2n) is 5.67. The minimum absolute atomic E-state index is 0.0807. The van der Waals surface area contributed by atoms with Crippen LogP contribution in [0.1, 0.15) is 24.1 Å². The highest BCUT2D eigenvalue weighted by Crippen LogP contribution is 2.18. The zero-order valence-electron chi connectivity index (χ0n) is 13.6. The summed E-state index contributed by atoms with van der Waals surface area (Å²) in [6.07, 6.45) is 4.11. The van der Waals surface area contributed by atoms with Gasteiger partial charge >= 0.3 is 0 Å². The third-order valence-electron chi connectivity index (χ3n) is 4.16. The van der Waals surface area contributed by atoms with Crippen molar-refractivity contribution in [1.29, 1.82) is 10.5 Å². The Bertz CT molecular complexity index is 908. The Morgan fingerprint density at radius 3 is 2.96 bits per heavy atom. The topological polar surface area (TPSA) is 97.7 Å². The molecule has 1 aromatic carbocycles. The molecule has 1 unspecified atom stereocenters. The van der Waals surface area contributed by atoms with Gasteiger partial charge in [-0.3, -0.25) is 0 Å². The minimum atomic E-state index is 0.0807. The summed E-state index contributed by atoms with van der Waals surface area (Å²) in [4.78, 5) is 15.8. The lowest BCUT2D eigenvalue weighted by molar-refractivity contribution is 0.325. The molecule has 1 atom stereocenters. The lowest BCUT2D eigenvalue weighted by Gasteiger charge is -2.16. The van der Waals surface area contributed by atoms with E-state index in [4.69, 9.17) is 15.4 Å². The summed E-state index contributed by atoms with van der Waals surface area (Å²) in [6.45, 7) is 4.57. The first-order valence-electron chi connectivity index (χ1n) is 7.90. The molecule has 3 rings (SSSR count). The summed E-state index contributed by atoms with van der Waals surface area (Å²) in [5.74, 6) is 0.325. The van der Waals surface area contributed by atoms with Gasteiger partial charge in [0.1, 0.15) is 11.8 Å². The van der Waals surface area contributed by atoms with Gasteiger partial charge in [-0.25, -0.2) is 9.98 Å². The summed E-state index contributed by atoms with van der Waals surface area (Å²) in [5, 5.41) is 22.5. The van der Waals surface area contributed by atoms with E-state index < -0.39 is 0 Å². The fraction of sp³-hybridized carbons (Fsp3) is 0.278. The Labute approximate surface area is 145 Å². The Morgan fingerprint density at radius 1 is 1.36 bits per heavy atom. The quantitative estimate of drug-likeness (QED) is 0.371. The van der Waals surface area contributed by atoms with E-state index in [2.05, 4.69) is 28.0 Å². The number of benzene rings is 1. The van der Waals surface area contributed by atoms with Gasteiger partial charge in [0, 0.05) is 24.2 Å². The molecule has 0 aliphatic carbocycles. The first kappa shape index (κ1) is 16.4. The standard InChI is InChI=1S/C18H16N6O/c1-21-25-18(22-11-16-3-2-8-24(16)12-20)14-5-4-13-6-7-15(10-19)23-17(13)9-14/h4-7,9,16H,1-3,8,11H2. The first-order chi connectivity index (χ1) is 12.2. The van der Waals surface area contributed by atoms with Gasteiger partial charge in [-0.05, 0) is 37.1 Å². The van der Waals surface area contributed by atoms with Gasteiger partial charge in [0.05, 0.1) is 18.1 Å². The molecule has 124 valence electrons. The summed E-state index contributed by atoms with van der Waals surface area (Å²) in [6, 6.07) is 11.2. The van der Waals surface area contributed by atoms with Gasteiger partial charge in [0.25, 0.3) is 5.90 Å². The fourth-order valence-electron chi connectivity index (χ4n) is 2.89. The number of hydrogen-bond donors (Lipinski definition) is 0. The van der Waals surface area contributed by atoms with E-state index in [0.29, 0.717) is 29.2 Å². The van der Waals surface area contributed by atoms with Gasteiger partial charge in [0.15, 0.2) is 6.19 Å². The molecule has 0 spiro atoms. The van der Waals surface area contributed by atoms with Crippen LogP contribution < -0.4 is 0 Å². The molecule has 0 bridgehead atoms. The molecule has 1 fully saturated rings. The van der Waals surface area contributed by atoms with Crippen LogP contribution in [0.25, 0.3) is 10.9 Å². The highest BCUT2D eigenvalue weighted by Gasteiger charge is 2.23. The van der Waals surface area contributed by atoms with Crippen LogP contribution in [0.15, 0.2) is 40.5 Å². The van der Waals surface area contributed by atoms with Crippen LogP contribution in [0.4, 0.5) is 0 Å². The molecule has 7 heteroatoms. The van der Waals surface area contributed by atoms with E-state index in [9.17, 15) is 0 Å². The summed E-state index contributed by atoms with van der Waals surface area (Å²) in [7, 11) is 0. The average Bonchev–Trinajstić information content (AvgIpc) is 3.11. The smallest absolute Gasteiger partial charge is 0.251 e. The fourth-order valence-corrected chi connectivity index (χ4v) is 2.89. The molecule has 2 heterocycles. The van der Waals surface area contributed by atoms with E-state index in [-0.39, 0.29) is 6.04 Å². The zero-order chi connectivity index (χ0) is 17.6. The van der Waals surface area contributed by atoms with Crippen LogP contribution in [-0.2, 0) is 4.84 Å². The van der Waals surface area contributed by atoms with Gasteiger partial charge in [-0.15, -0.1) is 0 Å². The maximum Gasteiger partial charge on any atom is 0.251 e. The first-order valence-corrected chi connectivity index (χ1v) is 7.90. The van der Waals surface area contributed by atoms with Crippen molar-refractivity contribution >= 4 is 23.5 Å². The number of pyridine rings is 1. The molecule has 7 nitrogen and oxygen atoms in total. The predicted octanol–water partition coefficient (Wildman–Crippen LogP) is 2.43. The molecule has 0 radical (unpaired) electrons. The average molecular weight is 332 g/mol. The number of nitrogens with zero attached hydrogens (tertiary/aromatic N) is 6. The predicted molar refractivity (Wildman–Crippen MR) is 93.8 cm³/mol. The van der Waals surface area contributed by atoms with Crippen LogP contribution in [0.5, 0.6) is 0 Å². The van der Waals surface area contributed by atoms with E-state index in [1.807, 2.05) is 24.3 Å². The zero-order valence-corrected chi connectivity index (χ0v) is 13.6. The van der Waals surface area contributed by atoms with Crippen molar-refractivity contribution in [3.8, 4) is 12.3 Å². The van der Waals surface area contributed by atoms with Crippen molar-refractivity contribution in [1.82, 2.24) is 9.88 Å². The molecule has 1 aliphatic rings. The number of oxime groups is 1. The van der Waals surface area contributed by atoms with Crippen molar-refractivity contribution in [3.63, 3.8) is 0 Å².